The SMILES string of the molecule is CC.CC.CC.CC1CCC=C[C@@H]1C. The number of allylic oxidation sites excluding steroid dienone is 2. The summed E-state index contributed by atoms with van der Waals surface area (Å²) in [4.78, 5) is 0. The van der Waals surface area contributed by atoms with E-state index in [1.807, 2.05) is 41.5 Å². The summed E-state index contributed by atoms with van der Waals surface area (Å²) in [5.74, 6) is 1.74. The van der Waals surface area contributed by atoms with Gasteiger partial charge in [-0.05, 0) is 24.7 Å². The minimum atomic E-state index is 0.823. The zero-order valence-corrected chi connectivity index (χ0v) is 11.7. The molecule has 0 bridgehead atoms. The summed E-state index contributed by atoms with van der Waals surface area (Å²) >= 11 is 0. The Balaban J connectivity index is -0.000000174. The molecule has 0 saturated carbocycles. The largest absolute Gasteiger partial charge is 0.0882 e. The highest BCUT2D eigenvalue weighted by molar-refractivity contribution is 4.93. The second kappa shape index (κ2) is 18.5. The lowest BCUT2D eigenvalue weighted by atomic mass is 9.87. The van der Waals surface area contributed by atoms with Crippen molar-refractivity contribution in [3.63, 3.8) is 0 Å². The average Bonchev–Trinajstić information content (AvgIpc) is 2.31. The molecule has 0 heteroatoms. The Morgan fingerprint density at radius 1 is 0.857 bits per heavy atom. The maximum atomic E-state index is 2.33. The third-order valence-corrected chi connectivity index (χ3v) is 2.13. The Bertz CT molecular complexity index is 92.2. The second-order valence-electron chi connectivity index (χ2n) is 2.84. The minimum Gasteiger partial charge on any atom is -0.0882 e. The molecule has 0 fully saturated rings. The zero-order chi connectivity index (χ0) is 12.0. The van der Waals surface area contributed by atoms with Crippen molar-refractivity contribution in [2.45, 2.75) is 68.2 Å². The fourth-order valence-electron chi connectivity index (χ4n) is 1.12. The van der Waals surface area contributed by atoms with Crippen LogP contribution in [-0.2, 0) is 0 Å². The normalized spacial score (nSPS) is 22.9. The molecule has 14 heavy (non-hydrogen) atoms. The molecular formula is C14H32. The van der Waals surface area contributed by atoms with Crippen molar-refractivity contribution in [3.8, 4) is 0 Å². The van der Waals surface area contributed by atoms with E-state index in [1.165, 1.54) is 12.8 Å². The molecule has 0 aromatic rings. The van der Waals surface area contributed by atoms with Gasteiger partial charge in [-0.2, -0.15) is 0 Å². The van der Waals surface area contributed by atoms with Crippen molar-refractivity contribution < 1.29 is 0 Å². The average molecular weight is 200 g/mol. The Kier molecular flexibility index (Phi) is 25.6. The van der Waals surface area contributed by atoms with E-state index < -0.39 is 0 Å². The van der Waals surface area contributed by atoms with E-state index in [2.05, 4.69) is 26.0 Å². The van der Waals surface area contributed by atoms with Crippen LogP contribution in [0.1, 0.15) is 68.2 Å². The minimum absolute atomic E-state index is 0.823. The fraction of sp³-hybridized carbons (Fsp3) is 0.857. The highest BCUT2D eigenvalue weighted by Gasteiger charge is 2.10. The Morgan fingerprint density at radius 2 is 1.29 bits per heavy atom. The van der Waals surface area contributed by atoms with Crippen LogP contribution in [-0.4, -0.2) is 0 Å². The van der Waals surface area contributed by atoms with Crippen LogP contribution >= 0.6 is 0 Å². The molecule has 0 saturated heterocycles. The van der Waals surface area contributed by atoms with E-state index in [0.29, 0.717) is 0 Å². The summed E-state index contributed by atoms with van der Waals surface area (Å²) in [6.45, 7) is 16.6. The van der Waals surface area contributed by atoms with E-state index >= 15 is 0 Å². The first-order valence-corrected chi connectivity index (χ1v) is 6.47. The molecule has 0 aromatic carbocycles. The van der Waals surface area contributed by atoms with Gasteiger partial charge in [-0.25, -0.2) is 0 Å². The van der Waals surface area contributed by atoms with Gasteiger partial charge in [-0.15, -0.1) is 0 Å². The maximum Gasteiger partial charge on any atom is -0.0236 e. The molecule has 0 N–H and O–H groups in total. The molecule has 0 nitrogen and oxygen atoms in total. The van der Waals surface area contributed by atoms with Crippen LogP contribution in [0.5, 0.6) is 0 Å². The van der Waals surface area contributed by atoms with Crippen molar-refractivity contribution in [2.75, 3.05) is 0 Å². The van der Waals surface area contributed by atoms with E-state index in [1.54, 1.807) is 0 Å². The first-order valence-electron chi connectivity index (χ1n) is 6.47. The molecule has 2 atom stereocenters. The van der Waals surface area contributed by atoms with Crippen molar-refractivity contribution in [2.24, 2.45) is 11.8 Å². The molecule has 1 rings (SSSR count). The molecule has 0 aromatic heterocycles. The predicted octanol–water partition coefficient (Wildman–Crippen LogP) is 5.69. The van der Waals surface area contributed by atoms with Crippen LogP contribution < -0.4 is 0 Å². The topological polar surface area (TPSA) is 0 Å². The van der Waals surface area contributed by atoms with Crippen LogP contribution in [0.25, 0.3) is 0 Å². The highest BCUT2D eigenvalue weighted by Crippen LogP contribution is 2.22. The lowest BCUT2D eigenvalue weighted by molar-refractivity contribution is 0.413. The van der Waals surface area contributed by atoms with Gasteiger partial charge < -0.3 is 0 Å². The van der Waals surface area contributed by atoms with Crippen LogP contribution in [0.3, 0.4) is 0 Å². The highest BCUT2D eigenvalue weighted by atomic mass is 14.2. The summed E-state index contributed by atoms with van der Waals surface area (Å²) in [6.07, 6.45) is 7.31. The predicted molar refractivity (Wildman–Crippen MR) is 70.7 cm³/mol. The Morgan fingerprint density at radius 3 is 1.50 bits per heavy atom. The molecule has 0 amide bonds. The molecule has 0 spiro atoms. The molecule has 1 unspecified atom stereocenters. The smallest absolute Gasteiger partial charge is 0.0236 e. The van der Waals surface area contributed by atoms with Gasteiger partial charge in [-0.1, -0.05) is 67.5 Å². The first kappa shape index (κ1) is 19.3. The number of hydrogen-bond acceptors (Lipinski definition) is 0. The molecule has 1 aliphatic rings. The fourth-order valence-corrected chi connectivity index (χ4v) is 1.12. The lowest BCUT2D eigenvalue weighted by Crippen LogP contribution is -2.07. The van der Waals surface area contributed by atoms with Gasteiger partial charge in [0.1, 0.15) is 0 Å². The molecule has 88 valence electrons. The van der Waals surface area contributed by atoms with Crippen molar-refractivity contribution >= 4 is 0 Å². The summed E-state index contributed by atoms with van der Waals surface area (Å²) in [5, 5.41) is 0. The van der Waals surface area contributed by atoms with Gasteiger partial charge in [0.15, 0.2) is 0 Å². The van der Waals surface area contributed by atoms with Gasteiger partial charge in [0, 0.05) is 0 Å². The Hall–Kier alpha value is -0.260. The number of hydrogen-bond donors (Lipinski definition) is 0. The maximum absolute atomic E-state index is 2.33. The third kappa shape index (κ3) is 11.7. The molecule has 0 radical (unpaired) electrons. The van der Waals surface area contributed by atoms with Gasteiger partial charge in [0.2, 0.25) is 0 Å². The zero-order valence-electron chi connectivity index (χ0n) is 11.7. The quantitative estimate of drug-likeness (QED) is 0.441. The molecule has 0 aliphatic heterocycles. The van der Waals surface area contributed by atoms with E-state index in [0.717, 1.165) is 11.8 Å². The molecule has 1 aliphatic carbocycles. The summed E-state index contributed by atoms with van der Waals surface area (Å²) < 4.78 is 0. The van der Waals surface area contributed by atoms with Gasteiger partial charge in [0.25, 0.3) is 0 Å². The summed E-state index contributed by atoms with van der Waals surface area (Å²) in [6, 6.07) is 0. The monoisotopic (exact) mass is 200 g/mol. The van der Waals surface area contributed by atoms with E-state index in [9.17, 15) is 0 Å². The third-order valence-electron chi connectivity index (χ3n) is 2.13. The van der Waals surface area contributed by atoms with Crippen molar-refractivity contribution in [1.82, 2.24) is 0 Å². The van der Waals surface area contributed by atoms with Crippen LogP contribution in [0, 0.1) is 11.8 Å². The van der Waals surface area contributed by atoms with Crippen LogP contribution in [0.4, 0.5) is 0 Å². The lowest BCUT2D eigenvalue weighted by Gasteiger charge is -2.19. The number of rotatable bonds is 0. The van der Waals surface area contributed by atoms with Crippen molar-refractivity contribution in [1.29, 1.82) is 0 Å². The van der Waals surface area contributed by atoms with Crippen molar-refractivity contribution in [3.05, 3.63) is 12.2 Å². The van der Waals surface area contributed by atoms with E-state index in [-0.39, 0.29) is 0 Å². The van der Waals surface area contributed by atoms with Gasteiger partial charge >= 0.3 is 0 Å². The van der Waals surface area contributed by atoms with Gasteiger partial charge in [-0.3, -0.25) is 0 Å². The second-order valence-corrected chi connectivity index (χ2v) is 2.84. The summed E-state index contributed by atoms with van der Waals surface area (Å²) in [7, 11) is 0. The summed E-state index contributed by atoms with van der Waals surface area (Å²) in [5.41, 5.74) is 0. The van der Waals surface area contributed by atoms with E-state index in [4.69, 9.17) is 0 Å². The molecule has 0 heterocycles. The first-order chi connectivity index (χ1) is 6.80. The van der Waals surface area contributed by atoms with Crippen LogP contribution in [0.15, 0.2) is 12.2 Å². The standard InChI is InChI=1S/C8H14.3C2H6/c1-7-5-3-4-6-8(7)2;3*1-2/h3,5,7-8H,4,6H2,1-2H3;3*1-2H3/t7-,8?;;;/m0.../s1. The molecular weight excluding hydrogens is 168 g/mol. The van der Waals surface area contributed by atoms with Gasteiger partial charge in [0.05, 0.1) is 0 Å². The van der Waals surface area contributed by atoms with Crippen LogP contribution in [0.2, 0.25) is 0 Å². The Labute approximate surface area is 92.8 Å².